The topological polar surface area (TPSA) is 57.3 Å². The Morgan fingerprint density at radius 2 is 2.00 bits per heavy atom. The summed E-state index contributed by atoms with van der Waals surface area (Å²) in [6.07, 6.45) is 4.52. The molecule has 1 heterocycles. The van der Waals surface area contributed by atoms with Crippen LogP contribution in [-0.4, -0.2) is 44.6 Å². The minimum Gasteiger partial charge on any atom is -0.497 e. The molecule has 4 atom stereocenters. The first kappa shape index (κ1) is 17.0. The smallest absolute Gasteiger partial charge is 0.331 e. The molecule has 5 heteroatoms. The summed E-state index contributed by atoms with van der Waals surface area (Å²) in [5.74, 6) is 0.655. The van der Waals surface area contributed by atoms with Gasteiger partial charge in [-0.15, -0.1) is 0 Å². The number of esters is 1. The quantitative estimate of drug-likeness (QED) is 0.471. The summed E-state index contributed by atoms with van der Waals surface area (Å²) in [6.45, 7) is 2.89. The predicted octanol–water partition coefficient (Wildman–Crippen LogP) is 2.83. The van der Waals surface area contributed by atoms with E-state index in [4.69, 9.17) is 18.9 Å². The SMILES string of the molecule is COc1ccc(C=CC(=O)O[C@@H]2CC[C@]3(CO3)[C@@H](C)[C@@H]2OC)cc1. The van der Waals surface area contributed by atoms with Gasteiger partial charge in [-0.2, -0.15) is 0 Å². The fourth-order valence-corrected chi connectivity index (χ4v) is 3.45. The van der Waals surface area contributed by atoms with Gasteiger partial charge in [-0.25, -0.2) is 4.79 Å². The second-order valence-electron chi connectivity index (χ2n) is 6.46. The van der Waals surface area contributed by atoms with E-state index in [1.165, 1.54) is 6.08 Å². The number of carbonyl (C=O) groups is 1. The molecule has 3 rings (SSSR count). The van der Waals surface area contributed by atoms with Gasteiger partial charge < -0.3 is 18.9 Å². The second-order valence-corrected chi connectivity index (χ2v) is 6.46. The molecule has 1 spiro atoms. The third kappa shape index (κ3) is 3.47. The molecule has 2 fully saturated rings. The monoisotopic (exact) mass is 332 g/mol. The minimum absolute atomic E-state index is 0.0531. The third-order valence-corrected chi connectivity index (χ3v) is 5.12. The highest BCUT2D eigenvalue weighted by atomic mass is 16.6. The molecular weight excluding hydrogens is 308 g/mol. The molecule has 130 valence electrons. The van der Waals surface area contributed by atoms with Crippen molar-refractivity contribution in [2.24, 2.45) is 5.92 Å². The first-order valence-corrected chi connectivity index (χ1v) is 8.27. The van der Waals surface area contributed by atoms with Crippen LogP contribution in [0.15, 0.2) is 30.3 Å². The molecule has 2 aliphatic rings. The molecule has 0 bridgehead atoms. The highest BCUT2D eigenvalue weighted by Gasteiger charge is 2.57. The van der Waals surface area contributed by atoms with Crippen molar-refractivity contribution >= 4 is 12.0 Å². The Kier molecular flexibility index (Phi) is 4.92. The van der Waals surface area contributed by atoms with E-state index >= 15 is 0 Å². The molecule has 0 unspecified atom stereocenters. The molecule has 1 saturated carbocycles. The summed E-state index contributed by atoms with van der Waals surface area (Å²) in [7, 11) is 3.28. The van der Waals surface area contributed by atoms with Gasteiger partial charge in [0.2, 0.25) is 0 Å². The van der Waals surface area contributed by atoms with Crippen LogP contribution in [0.1, 0.15) is 25.3 Å². The largest absolute Gasteiger partial charge is 0.497 e. The van der Waals surface area contributed by atoms with Crippen LogP contribution < -0.4 is 4.74 Å². The van der Waals surface area contributed by atoms with Crippen LogP contribution in [0.2, 0.25) is 0 Å². The highest BCUT2D eigenvalue weighted by molar-refractivity contribution is 5.87. The van der Waals surface area contributed by atoms with Gasteiger partial charge in [0, 0.05) is 19.1 Å². The van der Waals surface area contributed by atoms with Gasteiger partial charge in [0.1, 0.15) is 11.9 Å². The fraction of sp³-hybridized carbons (Fsp3) is 0.526. The van der Waals surface area contributed by atoms with Crippen LogP contribution in [0.3, 0.4) is 0 Å². The molecule has 1 aliphatic heterocycles. The lowest BCUT2D eigenvalue weighted by Crippen LogP contribution is -2.48. The number of rotatable bonds is 5. The third-order valence-electron chi connectivity index (χ3n) is 5.12. The van der Waals surface area contributed by atoms with Crippen molar-refractivity contribution in [3.05, 3.63) is 35.9 Å². The lowest BCUT2D eigenvalue weighted by molar-refractivity contribution is -0.160. The van der Waals surface area contributed by atoms with E-state index in [0.717, 1.165) is 30.8 Å². The van der Waals surface area contributed by atoms with Crippen molar-refractivity contribution in [3.63, 3.8) is 0 Å². The molecule has 5 nitrogen and oxygen atoms in total. The molecule has 0 aromatic heterocycles. The van der Waals surface area contributed by atoms with Crippen LogP contribution in [0.4, 0.5) is 0 Å². The zero-order valence-electron chi connectivity index (χ0n) is 14.4. The number of carbonyl (C=O) groups excluding carboxylic acids is 1. The molecule has 1 saturated heterocycles. The van der Waals surface area contributed by atoms with Crippen LogP contribution in [0.25, 0.3) is 6.08 Å². The van der Waals surface area contributed by atoms with Crippen molar-refractivity contribution < 1.29 is 23.7 Å². The Bertz CT molecular complexity index is 603. The molecular formula is C19H24O5. The van der Waals surface area contributed by atoms with Crippen molar-refractivity contribution in [2.75, 3.05) is 20.8 Å². The minimum atomic E-state index is -0.349. The second kappa shape index (κ2) is 6.95. The highest BCUT2D eigenvalue weighted by Crippen LogP contribution is 2.47. The zero-order valence-corrected chi connectivity index (χ0v) is 14.4. The number of hydrogen-bond acceptors (Lipinski definition) is 5. The molecule has 0 radical (unpaired) electrons. The molecule has 1 aromatic carbocycles. The van der Waals surface area contributed by atoms with Crippen LogP contribution >= 0.6 is 0 Å². The maximum atomic E-state index is 12.1. The summed E-state index contributed by atoms with van der Waals surface area (Å²) >= 11 is 0. The number of methoxy groups -OCH3 is 2. The van der Waals surface area contributed by atoms with E-state index in [9.17, 15) is 4.79 Å². The van der Waals surface area contributed by atoms with Crippen LogP contribution in [0, 0.1) is 5.92 Å². The molecule has 1 aliphatic carbocycles. The summed E-state index contributed by atoms with van der Waals surface area (Å²) < 4.78 is 21.9. The van der Waals surface area contributed by atoms with E-state index in [1.807, 2.05) is 24.3 Å². The van der Waals surface area contributed by atoms with Gasteiger partial charge in [-0.3, -0.25) is 0 Å². The Morgan fingerprint density at radius 1 is 1.29 bits per heavy atom. The molecule has 1 aromatic rings. The van der Waals surface area contributed by atoms with Gasteiger partial charge >= 0.3 is 5.97 Å². The summed E-state index contributed by atoms with van der Waals surface area (Å²) in [5.41, 5.74) is 0.862. The number of hydrogen-bond donors (Lipinski definition) is 0. The van der Waals surface area contributed by atoms with Gasteiger partial charge in [0.05, 0.1) is 25.4 Å². The van der Waals surface area contributed by atoms with Crippen molar-refractivity contribution in [1.82, 2.24) is 0 Å². The van der Waals surface area contributed by atoms with E-state index in [-0.39, 0.29) is 29.7 Å². The van der Waals surface area contributed by atoms with Crippen molar-refractivity contribution in [3.8, 4) is 5.75 Å². The van der Waals surface area contributed by atoms with Gasteiger partial charge in [-0.1, -0.05) is 19.1 Å². The first-order valence-electron chi connectivity index (χ1n) is 8.27. The Morgan fingerprint density at radius 3 is 2.58 bits per heavy atom. The number of ether oxygens (including phenoxy) is 4. The first-order chi connectivity index (χ1) is 11.6. The van der Waals surface area contributed by atoms with Gasteiger partial charge in [0.25, 0.3) is 0 Å². The lowest BCUT2D eigenvalue weighted by Gasteiger charge is -2.38. The van der Waals surface area contributed by atoms with Crippen molar-refractivity contribution in [2.45, 2.75) is 37.6 Å². The van der Waals surface area contributed by atoms with Crippen LogP contribution in [0.5, 0.6) is 5.75 Å². The fourth-order valence-electron chi connectivity index (χ4n) is 3.45. The van der Waals surface area contributed by atoms with Gasteiger partial charge in [-0.05, 0) is 36.6 Å². The average Bonchev–Trinajstić information content (AvgIpc) is 3.38. The Balaban J connectivity index is 1.58. The molecule has 24 heavy (non-hydrogen) atoms. The Labute approximate surface area is 142 Å². The predicted molar refractivity (Wildman–Crippen MR) is 89.8 cm³/mol. The van der Waals surface area contributed by atoms with Gasteiger partial charge in [0.15, 0.2) is 0 Å². The standard InChI is InChI=1S/C19H24O5/c1-13-18(22-3)16(10-11-19(13)12-23-19)24-17(20)9-6-14-4-7-15(21-2)8-5-14/h4-9,13,16,18H,10-12H2,1-3H3/t13-,16+,18-,19-/m0/s1. The van der Waals surface area contributed by atoms with E-state index in [1.54, 1.807) is 20.3 Å². The maximum absolute atomic E-state index is 12.1. The molecule has 0 N–H and O–H groups in total. The normalized spacial score (nSPS) is 32.0. The zero-order chi connectivity index (χ0) is 17.2. The maximum Gasteiger partial charge on any atom is 0.331 e. The summed E-state index contributed by atoms with van der Waals surface area (Å²) in [5, 5.41) is 0. The van der Waals surface area contributed by atoms with Crippen molar-refractivity contribution in [1.29, 1.82) is 0 Å². The summed E-state index contributed by atoms with van der Waals surface area (Å²) in [6, 6.07) is 7.47. The lowest BCUT2D eigenvalue weighted by atomic mass is 9.76. The van der Waals surface area contributed by atoms with Crippen LogP contribution in [-0.2, 0) is 19.0 Å². The Hall–Kier alpha value is -1.85. The van der Waals surface area contributed by atoms with E-state index in [0.29, 0.717) is 0 Å². The van der Waals surface area contributed by atoms with E-state index in [2.05, 4.69) is 6.92 Å². The average molecular weight is 332 g/mol. The number of epoxide rings is 1. The number of benzene rings is 1. The van der Waals surface area contributed by atoms with E-state index < -0.39 is 0 Å². The molecule has 0 amide bonds. The summed E-state index contributed by atoms with van der Waals surface area (Å²) in [4.78, 5) is 12.1.